The predicted molar refractivity (Wildman–Crippen MR) is 125 cm³/mol. The van der Waals surface area contributed by atoms with Gasteiger partial charge < -0.3 is 32.2 Å². The van der Waals surface area contributed by atoms with Gasteiger partial charge in [0.2, 0.25) is 23.6 Å². The Balaban J connectivity index is 2.69. The van der Waals surface area contributed by atoms with Gasteiger partial charge in [0.15, 0.2) is 0 Å². The molecule has 7 N–H and O–H groups in total. The summed E-state index contributed by atoms with van der Waals surface area (Å²) in [5.74, 6) is -3.90. The van der Waals surface area contributed by atoms with Crippen LogP contribution in [0.2, 0.25) is 0 Å². The molecule has 0 spiro atoms. The van der Waals surface area contributed by atoms with Crippen molar-refractivity contribution in [3.63, 3.8) is 0 Å². The molecule has 3 atom stereocenters. The number of nitrogens with two attached hydrogens (primary N) is 2. The lowest BCUT2D eigenvalue weighted by atomic mass is 9.99. The van der Waals surface area contributed by atoms with Crippen molar-refractivity contribution in [2.45, 2.75) is 58.8 Å². The lowest BCUT2D eigenvalue weighted by Gasteiger charge is -2.27. The standard InChI is InChI=1S/C23H35N5O6/c1-13(2)19(22(32)26-11-17(25)29)28-23(33)20(14(3)4)27-21(31)16(24)10-18(30)34-12-15-8-6-5-7-9-15/h5-9,13-14,16,19-20H,10-12,24H2,1-4H3,(H2,25,29)(H,26,32)(H,27,31)(H,28,33)/t16-,19-,20-/m0/s1. The first-order valence-corrected chi connectivity index (χ1v) is 11.0. The number of primary amides is 1. The van der Waals surface area contributed by atoms with Crippen LogP contribution in [0.1, 0.15) is 39.7 Å². The van der Waals surface area contributed by atoms with Crippen molar-refractivity contribution in [3.05, 3.63) is 35.9 Å². The second-order valence-corrected chi connectivity index (χ2v) is 8.60. The van der Waals surface area contributed by atoms with Gasteiger partial charge in [-0.05, 0) is 17.4 Å². The third-order valence-corrected chi connectivity index (χ3v) is 4.90. The first kappa shape index (κ1) is 28.6. The molecule has 0 unspecified atom stereocenters. The first-order valence-electron chi connectivity index (χ1n) is 11.0. The van der Waals surface area contributed by atoms with Crippen LogP contribution in [0, 0.1) is 11.8 Å². The van der Waals surface area contributed by atoms with Gasteiger partial charge in [-0.1, -0.05) is 58.0 Å². The molecule has 0 heterocycles. The molecule has 4 amide bonds. The van der Waals surface area contributed by atoms with Gasteiger partial charge in [-0.25, -0.2) is 0 Å². The highest BCUT2D eigenvalue weighted by Crippen LogP contribution is 2.08. The Labute approximate surface area is 199 Å². The van der Waals surface area contributed by atoms with Crippen LogP contribution in [-0.2, 0) is 35.3 Å². The monoisotopic (exact) mass is 477 g/mol. The second-order valence-electron chi connectivity index (χ2n) is 8.60. The third kappa shape index (κ3) is 9.99. The van der Waals surface area contributed by atoms with Gasteiger partial charge in [0.05, 0.1) is 19.0 Å². The van der Waals surface area contributed by atoms with Gasteiger partial charge in [0.25, 0.3) is 0 Å². The number of carbonyl (C=O) groups excluding carboxylic acids is 5. The zero-order valence-corrected chi connectivity index (χ0v) is 20.0. The Kier molecular flexibility index (Phi) is 11.7. The van der Waals surface area contributed by atoms with Crippen LogP contribution in [0.15, 0.2) is 30.3 Å². The van der Waals surface area contributed by atoms with Crippen molar-refractivity contribution < 1.29 is 28.7 Å². The van der Waals surface area contributed by atoms with Crippen LogP contribution in [0.3, 0.4) is 0 Å². The van der Waals surface area contributed by atoms with Crippen LogP contribution in [0.4, 0.5) is 0 Å². The first-order chi connectivity index (χ1) is 15.9. The fourth-order valence-corrected chi connectivity index (χ4v) is 2.93. The molecule has 0 aliphatic rings. The quantitative estimate of drug-likeness (QED) is 0.233. The van der Waals surface area contributed by atoms with E-state index < -0.39 is 47.7 Å². The van der Waals surface area contributed by atoms with E-state index in [1.54, 1.807) is 39.8 Å². The van der Waals surface area contributed by atoms with Gasteiger partial charge >= 0.3 is 5.97 Å². The van der Waals surface area contributed by atoms with Gasteiger partial charge in [0.1, 0.15) is 18.7 Å². The minimum atomic E-state index is -1.22. The van der Waals surface area contributed by atoms with Crippen LogP contribution < -0.4 is 27.4 Å². The average molecular weight is 478 g/mol. The lowest BCUT2D eigenvalue weighted by Crippen LogP contribution is -2.58. The summed E-state index contributed by atoms with van der Waals surface area (Å²) >= 11 is 0. The molecule has 0 aliphatic heterocycles. The minimum absolute atomic E-state index is 0.0550. The van der Waals surface area contributed by atoms with Crippen molar-refractivity contribution >= 4 is 29.6 Å². The topological polar surface area (TPSA) is 183 Å². The second kappa shape index (κ2) is 13.9. The summed E-state index contributed by atoms with van der Waals surface area (Å²) in [4.78, 5) is 60.7. The SMILES string of the molecule is CC(C)[C@H](NC(=O)[C@@H](NC(=O)[C@@H](N)CC(=O)OCc1ccccc1)C(C)C)C(=O)NCC(N)=O. The normalized spacial score (nSPS) is 13.5. The van der Waals surface area contributed by atoms with Gasteiger partial charge in [-0.3, -0.25) is 24.0 Å². The maximum absolute atomic E-state index is 12.9. The number of nitrogens with one attached hydrogen (secondary N) is 3. The molecule has 0 aromatic heterocycles. The largest absolute Gasteiger partial charge is 0.461 e. The zero-order valence-electron chi connectivity index (χ0n) is 20.0. The molecule has 0 fully saturated rings. The smallest absolute Gasteiger partial charge is 0.308 e. The zero-order chi connectivity index (χ0) is 25.8. The summed E-state index contributed by atoms with van der Waals surface area (Å²) in [5, 5.41) is 7.49. The number of ether oxygens (including phenoxy) is 1. The molecule has 1 aromatic carbocycles. The van der Waals surface area contributed by atoms with E-state index in [9.17, 15) is 24.0 Å². The molecule has 1 rings (SSSR count). The Morgan fingerprint density at radius 3 is 1.91 bits per heavy atom. The number of hydrogen-bond acceptors (Lipinski definition) is 7. The van der Waals surface area contributed by atoms with E-state index in [2.05, 4.69) is 16.0 Å². The van der Waals surface area contributed by atoms with Crippen molar-refractivity contribution in [2.75, 3.05) is 6.54 Å². The van der Waals surface area contributed by atoms with E-state index >= 15 is 0 Å². The molecule has 0 bridgehead atoms. The molecular formula is C23H35N5O6. The Hall–Kier alpha value is -3.47. The highest BCUT2D eigenvalue weighted by Gasteiger charge is 2.31. The van der Waals surface area contributed by atoms with Crippen molar-refractivity contribution in [1.82, 2.24) is 16.0 Å². The number of hydrogen-bond donors (Lipinski definition) is 5. The summed E-state index contributed by atoms with van der Waals surface area (Å²) in [6.07, 6.45) is -0.366. The number of carbonyl (C=O) groups is 5. The lowest BCUT2D eigenvalue weighted by molar-refractivity contribution is -0.147. The predicted octanol–water partition coefficient (Wildman–Crippen LogP) is -0.670. The van der Waals surface area contributed by atoms with Crippen LogP contribution in [0.5, 0.6) is 0 Å². The van der Waals surface area contributed by atoms with Crippen LogP contribution in [-0.4, -0.2) is 54.3 Å². The number of benzene rings is 1. The third-order valence-electron chi connectivity index (χ3n) is 4.90. The highest BCUT2D eigenvalue weighted by atomic mass is 16.5. The minimum Gasteiger partial charge on any atom is -0.461 e. The van der Waals surface area contributed by atoms with Gasteiger partial charge in [-0.15, -0.1) is 0 Å². The molecule has 0 saturated carbocycles. The van der Waals surface area contributed by atoms with Gasteiger partial charge in [-0.2, -0.15) is 0 Å². The van der Waals surface area contributed by atoms with Crippen molar-refractivity contribution in [1.29, 1.82) is 0 Å². The summed E-state index contributed by atoms with van der Waals surface area (Å²) in [6.45, 7) is 6.55. The molecule has 11 heteroatoms. The van der Waals surface area contributed by atoms with E-state index in [0.29, 0.717) is 0 Å². The maximum atomic E-state index is 12.9. The molecule has 1 aromatic rings. The van der Waals surface area contributed by atoms with Crippen molar-refractivity contribution in [3.8, 4) is 0 Å². The van der Waals surface area contributed by atoms with E-state index in [0.717, 1.165) is 5.56 Å². The molecule has 34 heavy (non-hydrogen) atoms. The summed E-state index contributed by atoms with van der Waals surface area (Å²) < 4.78 is 5.14. The number of amides is 4. The fraction of sp³-hybridized carbons (Fsp3) is 0.522. The summed E-state index contributed by atoms with van der Waals surface area (Å²) in [7, 11) is 0. The highest BCUT2D eigenvalue weighted by molar-refractivity contribution is 5.94. The fourth-order valence-electron chi connectivity index (χ4n) is 2.93. The average Bonchev–Trinajstić information content (AvgIpc) is 2.77. The Morgan fingerprint density at radius 2 is 1.38 bits per heavy atom. The van der Waals surface area contributed by atoms with Crippen LogP contribution in [0.25, 0.3) is 0 Å². The van der Waals surface area contributed by atoms with E-state index in [1.165, 1.54) is 0 Å². The van der Waals surface area contributed by atoms with Crippen LogP contribution >= 0.6 is 0 Å². The van der Waals surface area contributed by atoms with E-state index in [-0.39, 0.29) is 31.4 Å². The molecular weight excluding hydrogens is 442 g/mol. The molecule has 0 radical (unpaired) electrons. The van der Waals surface area contributed by atoms with E-state index in [4.69, 9.17) is 16.2 Å². The Bertz CT molecular complexity index is 859. The molecule has 11 nitrogen and oxygen atoms in total. The molecule has 188 valence electrons. The van der Waals surface area contributed by atoms with E-state index in [1.807, 2.05) is 18.2 Å². The van der Waals surface area contributed by atoms with Crippen molar-refractivity contribution in [2.24, 2.45) is 23.3 Å². The summed E-state index contributed by atoms with van der Waals surface area (Å²) in [6, 6.07) is 5.86. The molecule has 0 aliphatic carbocycles. The molecule has 0 saturated heterocycles. The Morgan fingerprint density at radius 1 is 0.853 bits per heavy atom. The van der Waals surface area contributed by atoms with Gasteiger partial charge in [0, 0.05) is 0 Å². The number of rotatable bonds is 13. The maximum Gasteiger partial charge on any atom is 0.308 e. The summed E-state index contributed by atoms with van der Waals surface area (Å²) in [5.41, 5.74) is 11.7. The number of esters is 1.